The second kappa shape index (κ2) is 9.25. The summed E-state index contributed by atoms with van der Waals surface area (Å²) in [4.78, 5) is 0. The molecular weight excluding hydrogens is 389 g/mol. The molecule has 3 rings (SSSR count). The summed E-state index contributed by atoms with van der Waals surface area (Å²) >= 11 is 11.6. The molecule has 1 fully saturated rings. The van der Waals surface area contributed by atoms with Crippen LogP contribution in [0.1, 0.15) is 29.7 Å². The fraction of sp³-hybridized carbons (Fsp3) is 0.389. The Morgan fingerprint density at radius 1 is 1.48 bits per heavy atom. The average molecular weight is 410 g/mol. The van der Waals surface area contributed by atoms with E-state index < -0.39 is 0 Å². The van der Waals surface area contributed by atoms with Gasteiger partial charge in [-0.05, 0) is 49.7 Å². The summed E-state index contributed by atoms with van der Waals surface area (Å²) in [7, 11) is 0. The molecule has 0 radical (unpaired) electrons. The van der Waals surface area contributed by atoms with Crippen molar-refractivity contribution >= 4 is 35.1 Å². The quantitative estimate of drug-likeness (QED) is 0.436. The smallest absolute Gasteiger partial charge is 0.187 e. The Kier molecular flexibility index (Phi) is 6.76. The Labute approximate surface area is 167 Å². The van der Waals surface area contributed by atoms with Crippen molar-refractivity contribution in [3.05, 3.63) is 52.1 Å². The molecule has 1 aromatic heterocycles. The predicted molar refractivity (Wildman–Crippen MR) is 108 cm³/mol. The van der Waals surface area contributed by atoms with E-state index in [9.17, 15) is 4.39 Å². The molecule has 1 saturated heterocycles. The van der Waals surface area contributed by atoms with Gasteiger partial charge in [0, 0.05) is 13.2 Å². The number of hydrogen-bond donors (Lipinski definition) is 2. The van der Waals surface area contributed by atoms with Crippen LogP contribution in [-0.2, 0) is 11.3 Å². The van der Waals surface area contributed by atoms with Gasteiger partial charge in [0.05, 0.1) is 30.1 Å². The standard InChI is InChI=1S/C18H21ClFN5OS/c1-12-16(10-22-23-18(27)21-9-15-3-2-8-26-15)17(19)25(24-12)11-13-4-6-14(20)7-5-13/h4-7,10,15H,2-3,8-9,11H2,1H3,(H2,21,23,27)/b22-10-/t15-/m0/s1. The first-order valence-corrected chi connectivity index (χ1v) is 9.47. The van der Waals surface area contributed by atoms with Gasteiger partial charge in [-0.3, -0.25) is 5.43 Å². The van der Waals surface area contributed by atoms with E-state index in [1.165, 1.54) is 12.1 Å². The van der Waals surface area contributed by atoms with Crippen LogP contribution in [0.3, 0.4) is 0 Å². The summed E-state index contributed by atoms with van der Waals surface area (Å²) < 4.78 is 20.2. The zero-order valence-electron chi connectivity index (χ0n) is 14.9. The molecule has 27 heavy (non-hydrogen) atoms. The summed E-state index contributed by atoms with van der Waals surface area (Å²) in [6, 6.07) is 6.24. The lowest BCUT2D eigenvalue weighted by atomic mass is 10.2. The van der Waals surface area contributed by atoms with E-state index in [0.29, 0.717) is 28.9 Å². The fourth-order valence-corrected chi connectivity index (χ4v) is 3.21. The Bertz CT molecular complexity index is 818. The first-order chi connectivity index (χ1) is 13.0. The topological polar surface area (TPSA) is 63.5 Å². The molecule has 0 unspecified atom stereocenters. The van der Waals surface area contributed by atoms with Gasteiger partial charge in [0.25, 0.3) is 0 Å². The van der Waals surface area contributed by atoms with Crippen molar-refractivity contribution in [2.75, 3.05) is 13.2 Å². The molecular formula is C18H21ClFN5OS. The van der Waals surface area contributed by atoms with E-state index in [1.807, 2.05) is 6.92 Å². The summed E-state index contributed by atoms with van der Waals surface area (Å²) in [5.41, 5.74) is 5.12. The minimum Gasteiger partial charge on any atom is -0.376 e. The van der Waals surface area contributed by atoms with E-state index in [-0.39, 0.29) is 11.9 Å². The van der Waals surface area contributed by atoms with Gasteiger partial charge in [0.1, 0.15) is 11.0 Å². The maximum absolute atomic E-state index is 13.0. The highest BCUT2D eigenvalue weighted by Crippen LogP contribution is 2.19. The third-order valence-electron chi connectivity index (χ3n) is 4.23. The number of hydrogen-bond acceptors (Lipinski definition) is 4. The molecule has 0 bridgehead atoms. The van der Waals surface area contributed by atoms with Gasteiger partial charge in [-0.15, -0.1) is 0 Å². The maximum Gasteiger partial charge on any atom is 0.187 e. The van der Waals surface area contributed by atoms with Crippen LogP contribution in [0.5, 0.6) is 0 Å². The molecule has 144 valence electrons. The first kappa shape index (κ1) is 19.7. The van der Waals surface area contributed by atoms with Crippen molar-refractivity contribution in [2.24, 2.45) is 5.10 Å². The number of aryl methyl sites for hydroxylation is 1. The number of aromatic nitrogens is 2. The van der Waals surface area contributed by atoms with E-state index >= 15 is 0 Å². The molecule has 2 N–H and O–H groups in total. The van der Waals surface area contributed by atoms with Crippen molar-refractivity contribution in [1.29, 1.82) is 0 Å². The molecule has 1 aliphatic rings. The average Bonchev–Trinajstić information content (AvgIpc) is 3.26. The van der Waals surface area contributed by atoms with Gasteiger partial charge in [0.2, 0.25) is 0 Å². The highest BCUT2D eigenvalue weighted by Gasteiger charge is 2.15. The summed E-state index contributed by atoms with van der Waals surface area (Å²) in [5, 5.41) is 12.5. The van der Waals surface area contributed by atoms with Gasteiger partial charge in [0.15, 0.2) is 5.11 Å². The molecule has 9 heteroatoms. The minimum atomic E-state index is -0.274. The van der Waals surface area contributed by atoms with Crippen LogP contribution in [-0.4, -0.2) is 40.4 Å². The van der Waals surface area contributed by atoms with E-state index in [4.69, 9.17) is 28.6 Å². The fourth-order valence-electron chi connectivity index (χ4n) is 2.79. The maximum atomic E-state index is 13.0. The second-order valence-electron chi connectivity index (χ2n) is 6.29. The highest BCUT2D eigenvalue weighted by atomic mass is 35.5. The molecule has 2 heterocycles. The monoisotopic (exact) mass is 409 g/mol. The molecule has 6 nitrogen and oxygen atoms in total. The molecule has 0 saturated carbocycles. The Morgan fingerprint density at radius 3 is 2.96 bits per heavy atom. The van der Waals surface area contributed by atoms with Crippen molar-refractivity contribution in [3.63, 3.8) is 0 Å². The SMILES string of the molecule is Cc1nn(Cc2ccc(F)cc2)c(Cl)c1/C=N\NC(=S)NC[C@@H]1CCCO1. The van der Waals surface area contributed by atoms with Gasteiger partial charge in [-0.1, -0.05) is 23.7 Å². The van der Waals surface area contributed by atoms with Crippen LogP contribution >= 0.6 is 23.8 Å². The molecule has 0 amide bonds. The van der Waals surface area contributed by atoms with E-state index in [0.717, 1.165) is 30.7 Å². The number of nitrogens with zero attached hydrogens (tertiary/aromatic N) is 3. The van der Waals surface area contributed by atoms with Crippen molar-refractivity contribution in [2.45, 2.75) is 32.4 Å². The third-order valence-corrected chi connectivity index (χ3v) is 4.86. The van der Waals surface area contributed by atoms with Gasteiger partial charge in [-0.2, -0.15) is 10.2 Å². The Hall–Kier alpha value is -2.03. The van der Waals surface area contributed by atoms with E-state index in [2.05, 4.69) is 20.9 Å². The molecule has 1 aliphatic heterocycles. The van der Waals surface area contributed by atoms with E-state index in [1.54, 1.807) is 23.0 Å². The number of thiocarbonyl (C=S) groups is 1. The lowest BCUT2D eigenvalue weighted by Gasteiger charge is -2.11. The first-order valence-electron chi connectivity index (χ1n) is 8.69. The number of hydrazone groups is 1. The van der Waals surface area contributed by atoms with Crippen LogP contribution in [0.4, 0.5) is 4.39 Å². The minimum absolute atomic E-state index is 0.204. The number of rotatable bonds is 6. The second-order valence-corrected chi connectivity index (χ2v) is 7.06. The van der Waals surface area contributed by atoms with Gasteiger partial charge in [-0.25, -0.2) is 9.07 Å². The van der Waals surface area contributed by atoms with Crippen LogP contribution in [0.2, 0.25) is 5.15 Å². The normalized spacial score (nSPS) is 16.8. The Balaban J connectivity index is 1.56. The number of benzene rings is 1. The van der Waals surface area contributed by atoms with Crippen LogP contribution in [0.15, 0.2) is 29.4 Å². The zero-order valence-corrected chi connectivity index (χ0v) is 16.5. The summed E-state index contributed by atoms with van der Waals surface area (Å²) in [6.07, 6.45) is 3.92. The number of ether oxygens (including phenoxy) is 1. The third kappa shape index (κ3) is 5.47. The van der Waals surface area contributed by atoms with Gasteiger partial charge >= 0.3 is 0 Å². The lowest BCUT2D eigenvalue weighted by Crippen LogP contribution is -2.37. The van der Waals surface area contributed by atoms with Crippen molar-refractivity contribution < 1.29 is 9.13 Å². The molecule has 0 spiro atoms. The zero-order chi connectivity index (χ0) is 19.2. The van der Waals surface area contributed by atoms with Crippen molar-refractivity contribution in [3.8, 4) is 0 Å². The molecule has 0 aliphatic carbocycles. The van der Waals surface area contributed by atoms with Crippen molar-refractivity contribution in [1.82, 2.24) is 20.5 Å². The lowest BCUT2D eigenvalue weighted by molar-refractivity contribution is 0.114. The predicted octanol–water partition coefficient (Wildman–Crippen LogP) is 3.01. The molecule has 2 aromatic rings. The number of halogens is 2. The van der Waals surface area contributed by atoms with Crippen LogP contribution in [0, 0.1) is 12.7 Å². The van der Waals surface area contributed by atoms with Crippen LogP contribution in [0.25, 0.3) is 0 Å². The highest BCUT2D eigenvalue weighted by molar-refractivity contribution is 7.80. The molecule has 1 atom stereocenters. The summed E-state index contributed by atoms with van der Waals surface area (Å²) in [5.74, 6) is -0.274. The summed E-state index contributed by atoms with van der Waals surface area (Å²) in [6.45, 7) is 3.77. The van der Waals surface area contributed by atoms with Gasteiger partial charge < -0.3 is 10.1 Å². The largest absolute Gasteiger partial charge is 0.376 e. The molecule has 1 aromatic carbocycles. The van der Waals surface area contributed by atoms with Crippen LogP contribution < -0.4 is 10.7 Å². The number of nitrogens with one attached hydrogen (secondary N) is 2. The Morgan fingerprint density at radius 2 is 2.26 bits per heavy atom.